The fourth-order valence-electron chi connectivity index (χ4n) is 3.93. The van der Waals surface area contributed by atoms with Crippen LogP contribution in [0.2, 0.25) is 0 Å². The van der Waals surface area contributed by atoms with Crippen molar-refractivity contribution < 1.29 is 19.7 Å². The number of anilines is 1. The van der Waals surface area contributed by atoms with Gasteiger partial charge in [-0.25, -0.2) is 4.79 Å². The molecule has 31 heavy (non-hydrogen) atoms. The Labute approximate surface area is 184 Å². The van der Waals surface area contributed by atoms with Crippen molar-refractivity contribution in [3.8, 4) is 11.5 Å². The molecule has 1 aromatic carbocycles. The summed E-state index contributed by atoms with van der Waals surface area (Å²) in [6.45, 7) is 5.41. The lowest BCUT2D eigenvalue weighted by molar-refractivity contribution is 0.195. The van der Waals surface area contributed by atoms with E-state index in [0.29, 0.717) is 17.4 Å². The van der Waals surface area contributed by atoms with Crippen molar-refractivity contribution in [3.63, 3.8) is 0 Å². The number of methoxy groups -OCH3 is 2. The van der Waals surface area contributed by atoms with E-state index in [-0.39, 0.29) is 11.5 Å². The van der Waals surface area contributed by atoms with E-state index in [1.807, 2.05) is 24.1 Å². The van der Waals surface area contributed by atoms with Crippen LogP contribution in [0.25, 0.3) is 10.8 Å². The average molecular weight is 434 g/mol. The highest BCUT2D eigenvalue weighted by atomic mass is 16.5. The number of unbranched alkanes of at least 4 members (excludes halogenated alkanes) is 1. The maximum absolute atomic E-state index is 12.2. The van der Waals surface area contributed by atoms with Crippen LogP contribution in [0.3, 0.4) is 0 Å². The van der Waals surface area contributed by atoms with Gasteiger partial charge in [0, 0.05) is 44.0 Å². The third-order valence-electron chi connectivity index (χ3n) is 5.75. The highest BCUT2D eigenvalue weighted by Gasteiger charge is 2.24. The first-order valence-corrected chi connectivity index (χ1v) is 10.7. The van der Waals surface area contributed by atoms with Gasteiger partial charge in [0.05, 0.1) is 20.4 Å². The summed E-state index contributed by atoms with van der Waals surface area (Å²) in [6.07, 6.45) is 5.87. The normalized spacial score (nSPS) is 14.1. The van der Waals surface area contributed by atoms with Gasteiger partial charge in [-0.3, -0.25) is 0 Å². The van der Waals surface area contributed by atoms with Crippen LogP contribution in [0.5, 0.6) is 11.5 Å². The van der Waals surface area contributed by atoms with E-state index < -0.39 is 0 Å². The van der Waals surface area contributed by atoms with Gasteiger partial charge >= 0.3 is 6.03 Å². The number of hydrogen-bond acceptors (Lipinski definition) is 6. The first kappa shape index (κ1) is 24.5. The predicted octanol–water partition coefficient (Wildman–Crippen LogP) is 2.48. The summed E-state index contributed by atoms with van der Waals surface area (Å²) >= 11 is 0. The molecule has 0 unspecified atom stereocenters. The fraction of sp³-hybridized carbons (Fsp3) is 0.591. The second-order valence-electron chi connectivity index (χ2n) is 7.86. The Morgan fingerprint density at radius 3 is 2.55 bits per heavy atom. The summed E-state index contributed by atoms with van der Waals surface area (Å²) in [4.78, 5) is 16.3. The van der Waals surface area contributed by atoms with Crippen LogP contribution in [-0.4, -0.2) is 74.1 Å². The molecule has 172 valence electrons. The molecule has 1 aliphatic rings. The number of amides is 2. The van der Waals surface area contributed by atoms with Crippen LogP contribution in [0.15, 0.2) is 18.3 Å². The summed E-state index contributed by atoms with van der Waals surface area (Å²) in [5, 5.41) is 13.6. The quantitative estimate of drug-likeness (QED) is 0.640. The SMILES string of the molecule is CCCCNC(=O)N(C)CC1CCN(c2nncc3cc(OC)c(OC)cc23)CC1.O. The van der Waals surface area contributed by atoms with Crippen molar-refractivity contribution in [2.75, 3.05) is 52.3 Å². The van der Waals surface area contributed by atoms with Gasteiger partial charge in [0.25, 0.3) is 0 Å². The first-order valence-electron chi connectivity index (χ1n) is 10.7. The highest BCUT2D eigenvalue weighted by Crippen LogP contribution is 2.36. The number of ether oxygens (including phenoxy) is 2. The summed E-state index contributed by atoms with van der Waals surface area (Å²) in [6, 6.07) is 3.93. The molecular formula is C22H35N5O4. The number of carbonyl (C=O) groups excluding carboxylic acids is 1. The maximum Gasteiger partial charge on any atom is 0.317 e. The summed E-state index contributed by atoms with van der Waals surface area (Å²) in [5.74, 6) is 2.73. The van der Waals surface area contributed by atoms with Gasteiger partial charge in [0.15, 0.2) is 17.3 Å². The lowest BCUT2D eigenvalue weighted by atomic mass is 9.96. The highest BCUT2D eigenvalue weighted by molar-refractivity contribution is 5.94. The molecule has 1 saturated heterocycles. The van der Waals surface area contributed by atoms with Gasteiger partial charge in [-0.15, -0.1) is 5.10 Å². The van der Waals surface area contributed by atoms with Gasteiger partial charge in [-0.05, 0) is 37.3 Å². The molecule has 0 saturated carbocycles. The van der Waals surface area contributed by atoms with Crippen molar-refractivity contribution in [3.05, 3.63) is 18.3 Å². The molecular weight excluding hydrogens is 398 g/mol. The number of hydrogen-bond donors (Lipinski definition) is 1. The number of carbonyl (C=O) groups is 1. The number of benzene rings is 1. The topological polar surface area (TPSA) is 111 Å². The first-order chi connectivity index (χ1) is 14.6. The lowest BCUT2D eigenvalue weighted by Crippen LogP contribution is -2.43. The maximum atomic E-state index is 12.2. The van der Waals surface area contributed by atoms with Crippen LogP contribution in [0.1, 0.15) is 32.6 Å². The molecule has 3 rings (SSSR count). The van der Waals surface area contributed by atoms with Crippen LogP contribution < -0.4 is 19.7 Å². The molecule has 9 nitrogen and oxygen atoms in total. The number of urea groups is 1. The molecule has 0 atom stereocenters. The van der Waals surface area contributed by atoms with Crippen LogP contribution >= 0.6 is 0 Å². The third-order valence-corrected chi connectivity index (χ3v) is 5.75. The van der Waals surface area contributed by atoms with Gasteiger partial charge in [0.1, 0.15) is 0 Å². The Kier molecular flexibility index (Phi) is 9.11. The minimum absolute atomic E-state index is 0. The van der Waals surface area contributed by atoms with Crippen LogP contribution in [0.4, 0.5) is 10.6 Å². The number of nitrogens with zero attached hydrogens (tertiary/aromatic N) is 4. The summed E-state index contributed by atoms with van der Waals surface area (Å²) < 4.78 is 10.9. The van der Waals surface area contributed by atoms with E-state index in [0.717, 1.165) is 68.5 Å². The van der Waals surface area contributed by atoms with E-state index >= 15 is 0 Å². The predicted molar refractivity (Wildman–Crippen MR) is 122 cm³/mol. The number of aromatic nitrogens is 2. The molecule has 0 radical (unpaired) electrons. The Balaban J connectivity index is 0.00000341. The zero-order valence-corrected chi connectivity index (χ0v) is 19.0. The molecule has 0 bridgehead atoms. The minimum atomic E-state index is 0. The zero-order valence-electron chi connectivity index (χ0n) is 19.0. The lowest BCUT2D eigenvalue weighted by Gasteiger charge is -2.34. The molecule has 1 aromatic heterocycles. The smallest absolute Gasteiger partial charge is 0.317 e. The second kappa shape index (κ2) is 11.5. The zero-order chi connectivity index (χ0) is 21.5. The molecule has 0 aliphatic carbocycles. The van der Waals surface area contributed by atoms with E-state index in [9.17, 15) is 4.79 Å². The van der Waals surface area contributed by atoms with Gasteiger partial charge in [0.2, 0.25) is 0 Å². The summed E-state index contributed by atoms with van der Waals surface area (Å²) in [7, 11) is 5.15. The van der Waals surface area contributed by atoms with E-state index in [1.165, 1.54) is 0 Å². The molecule has 2 heterocycles. The molecule has 0 spiro atoms. The van der Waals surface area contributed by atoms with E-state index in [2.05, 4.69) is 27.3 Å². The van der Waals surface area contributed by atoms with E-state index in [4.69, 9.17) is 9.47 Å². The Bertz CT molecular complexity index is 855. The number of rotatable bonds is 8. The second-order valence-corrected chi connectivity index (χ2v) is 7.86. The van der Waals surface area contributed by atoms with E-state index in [1.54, 1.807) is 20.4 Å². The fourth-order valence-corrected chi connectivity index (χ4v) is 3.93. The monoisotopic (exact) mass is 433 g/mol. The molecule has 9 heteroatoms. The van der Waals surface area contributed by atoms with Crippen molar-refractivity contribution >= 4 is 22.6 Å². The third kappa shape index (κ3) is 5.88. The number of nitrogens with one attached hydrogen (secondary N) is 1. The standard InChI is InChI=1S/C22H33N5O3.H2O/c1-5-6-9-23-22(28)26(2)15-16-7-10-27(11-8-16)21-18-13-20(30-4)19(29-3)12-17(18)14-24-25-21;/h12-14,16H,5-11,15H2,1-4H3,(H,23,28);1H2. The molecule has 1 fully saturated rings. The van der Waals surface area contributed by atoms with Gasteiger partial charge in [-0.1, -0.05) is 13.3 Å². The molecule has 3 N–H and O–H groups in total. The Hall–Kier alpha value is -2.81. The molecule has 1 aliphatic heterocycles. The number of piperidine rings is 1. The van der Waals surface area contributed by atoms with Crippen molar-refractivity contribution in [1.29, 1.82) is 0 Å². The van der Waals surface area contributed by atoms with Crippen molar-refractivity contribution in [2.45, 2.75) is 32.6 Å². The molecule has 2 amide bonds. The summed E-state index contributed by atoms with van der Waals surface area (Å²) in [5.41, 5.74) is 0. The van der Waals surface area contributed by atoms with Crippen LogP contribution in [0, 0.1) is 5.92 Å². The van der Waals surface area contributed by atoms with Gasteiger partial charge in [-0.2, -0.15) is 5.10 Å². The van der Waals surface area contributed by atoms with Crippen LogP contribution in [-0.2, 0) is 0 Å². The minimum Gasteiger partial charge on any atom is -0.493 e. The Morgan fingerprint density at radius 1 is 1.23 bits per heavy atom. The largest absolute Gasteiger partial charge is 0.493 e. The molecule has 2 aromatic rings. The number of fused-ring (bicyclic) bond motifs is 1. The van der Waals surface area contributed by atoms with Crippen molar-refractivity contribution in [2.24, 2.45) is 5.92 Å². The van der Waals surface area contributed by atoms with Crippen molar-refractivity contribution in [1.82, 2.24) is 20.4 Å². The van der Waals surface area contributed by atoms with Gasteiger partial charge < -0.3 is 30.1 Å². The average Bonchev–Trinajstić information content (AvgIpc) is 2.78. The Morgan fingerprint density at radius 2 is 1.90 bits per heavy atom.